The Morgan fingerprint density at radius 2 is 2.19 bits per heavy atom. The molecule has 0 saturated carbocycles. The van der Waals surface area contributed by atoms with Gasteiger partial charge in [-0.15, -0.1) is 11.6 Å². The molecule has 1 unspecified atom stereocenters. The van der Waals surface area contributed by atoms with E-state index in [-0.39, 0.29) is 6.04 Å². The predicted octanol–water partition coefficient (Wildman–Crippen LogP) is 2.76. The molecule has 21 heavy (non-hydrogen) atoms. The number of aryl methyl sites for hydroxylation is 2. The highest BCUT2D eigenvalue weighted by Crippen LogP contribution is 2.25. The van der Waals surface area contributed by atoms with E-state index in [9.17, 15) is 0 Å². The number of hydrogen-bond acceptors (Lipinski definition) is 3. The summed E-state index contributed by atoms with van der Waals surface area (Å²) in [4.78, 5) is 4.67. The van der Waals surface area contributed by atoms with Gasteiger partial charge in [-0.3, -0.25) is 4.68 Å². The minimum atomic E-state index is 0.199. The van der Waals surface area contributed by atoms with Gasteiger partial charge in [-0.2, -0.15) is 10.2 Å². The summed E-state index contributed by atoms with van der Waals surface area (Å²) in [5.41, 5.74) is 2.94. The van der Waals surface area contributed by atoms with Crippen LogP contribution in [-0.4, -0.2) is 29.1 Å². The van der Waals surface area contributed by atoms with Crippen molar-refractivity contribution in [2.24, 2.45) is 0 Å². The highest BCUT2D eigenvalue weighted by molar-refractivity contribution is 6.16. The van der Waals surface area contributed by atoms with Crippen LogP contribution in [0, 0.1) is 6.92 Å². The largest absolute Gasteiger partial charge is 0.307 e. The van der Waals surface area contributed by atoms with E-state index in [1.165, 1.54) is 0 Å². The van der Waals surface area contributed by atoms with E-state index < -0.39 is 0 Å². The van der Waals surface area contributed by atoms with Crippen LogP contribution in [0.2, 0.25) is 0 Å². The van der Waals surface area contributed by atoms with Gasteiger partial charge in [0.05, 0.1) is 24.2 Å². The smallest absolute Gasteiger partial charge is 0.159 e. The van der Waals surface area contributed by atoms with Crippen molar-refractivity contribution in [2.75, 3.05) is 0 Å². The van der Waals surface area contributed by atoms with Crippen LogP contribution in [0.25, 0.3) is 11.2 Å². The third kappa shape index (κ3) is 2.33. The highest BCUT2D eigenvalue weighted by atomic mass is 35.5. The Bertz CT molecular complexity index is 739. The minimum Gasteiger partial charge on any atom is -0.307 e. The molecule has 0 aromatic carbocycles. The number of rotatable bonds is 5. The van der Waals surface area contributed by atoms with Crippen LogP contribution in [0.4, 0.5) is 0 Å². The van der Waals surface area contributed by atoms with Crippen LogP contribution >= 0.6 is 11.6 Å². The molecular formula is C14H19ClN6. The Morgan fingerprint density at radius 3 is 2.81 bits per heavy atom. The molecule has 0 radical (unpaired) electrons. The first-order valence-electron chi connectivity index (χ1n) is 7.13. The van der Waals surface area contributed by atoms with Crippen LogP contribution in [-0.2, 0) is 19.0 Å². The number of alkyl halides is 1. The van der Waals surface area contributed by atoms with Crippen molar-refractivity contribution >= 4 is 22.8 Å². The summed E-state index contributed by atoms with van der Waals surface area (Å²) >= 11 is 6.10. The van der Waals surface area contributed by atoms with Crippen molar-refractivity contribution in [1.82, 2.24) is 29.1 Å². The van der Waals surface area contributed by atoms with Crippen LogP contribution in [0.5, 0.6) is 0 Å². The fraction of sp³-hybridized carbons (Fsp3) is 0.500. The molecule has 0 bridgehead atoms. The molecule has 3 heterocycles. The van der Waals surface area contributed by atoms with Gasteiger partial charge in [-0.25, -0.2) is 9.67 Å². The molecule has 1 atom stereocenters. The average Bonchev–Trinajstić information content (AvgIpc) is 3.15. The Kier molecular flexibility index (Phi) is 3.71. The summed E-state index contributed by atoms with van der Waals surface area (Å²) < 4.78 is 6.11. The standard InChI is InChI=1S/C14H19ClN6/c1-4-20-14-13(11(3)18-20)17-12(8-15)21(14)10(2)9-19-7-5-6-16-19/h5-7,10H,4,8-9H2,1-3H3. The summed E-state index contributed by atoms with van der Waals surface area (Å²) in [5, 5.41) is 8.83. The first-order chi connectivity index (χ1) is 10.2. The summed E-state index contributed by atoms with van der Waals surface area (Å²) in [6, 6.07) is 2.13. The summed E-state index contributed by atoms with van der Waals surface area (Å²) in [6.07, 6.45) is 3.76. The zero-order valence-electron chi connectivity index (χ0n) is 12.5. The molecule has 0 fully saturated rings. The first-order valence-corrected chi connectivity index (χ1v) is 7.66. The summed E-state index contributed by atoms with van der Waals surface area (Å²) in [7, 11) is 0. The van der Waals surface area contributed by atoms with Gasteiger partial charge in [-0.05, 0) is 26.8 Å². The molecule has 0 spiro atoms. The fourth-order valence-electron chi connectivity index (χ4n) is 2.77. The van der Waals surface area contributed by atoms with Crippen LogP contribution in [0.3, 0.4) is 0 Å². The molecule has 6 nitrogen and oxygen atoms in total. The molecule has 0 amide bonds. The summed E-state index contributed by atoms with van der Waals surface area (Å²) in [5.74, 6) is 1.27. The summed E-state index contributed by atoms with van der Waals surface area (Å²) in [6.45, 7) is 7.81. The lowest BCUT2D eigenvalue weighted by Gasteiger charge is -2.17. The molecule has 0 saturated heterocycles. The van der Waals surface area contributed by atoms with Crippen LogP contribution in [0.15, 0.2) is 18.5 Å². The van der Waals surface area contributed by atoms with E-state index >= 15 is 0 Å². The minimum absolute atomic E-state index is 0.199. The monoisotopic (exact) mass is 306 g/mol. The van der Waals surface area contributed by atoms with Gasteiger partial charge < -0.3 is 4.57 Å². The van der Waals surface area contributed by atoms with Crippen molar-refractivity contribution in [3.05, 3.63) is 30.0 Å². The lowest BCUT2D eigenvalue weighted by Crippen LogP contribution is -2.17. The zero-order chi connectivity index (χ0) is 15.0. The van der Waals surface area contributed by atoms with E-state index in [0.29, 0.717) is 5.88 Å². The number of fused-ring (bicyclic) bond motifs is 1. The van der Waals surface area contributed by atoms with Gasteiger partial charge in [0.1, 0.15) is 11.3 Å². The highest BCUT2D eigenvalue weighted by Gasteiger charge is 2.21. The quantitative estimate of drug-likeness (QED) is 0.681. The Balaban J connectivity index is 2.10. The molecule has 112 valence electrons. The van der Waals surface area contributed by atoms with Crippen molar-refractivity contribution < 1.29 is 0 Å². The lowest BCUT2D eigenvalue weighted by atomic mass is 10.3. The second kappa shape index (κ2) is 5.52. The molecular weight excluding hydrogens is 288 g/mol. The first kappa shape index (κ1) is 14.1. The number of hydrogen-bond donors (Lipinski definition) is 0. The van der Waals surface area contributed by atoms with Crippen molar-refractivity contribution in [3.63, 3.8) is 0 Å². The SMILES string of the molecule is CCn1nc(C)c2nc(CCl)n(C(C)Cn3cccn3)c21. The second-order valence-corrected chi connectivity index (χ2v) is 5.45. The maximum atomic E-state index is 6.10. The van der Waals surface area contributed by atoms with Gasteiger partial charge in [0.2, 0.25) is 0 Å². The molecule has 0 aliphatic heterocycles. The number of aromatic nitrogens is 6. The maximum Gasteiger partial charge on any atom is 0.159 e. The van der Waals surface area contributed by atoms with E-state index in [0.717, 1.165) is 35.8 Å². The molecule has 0 aliphatic carbocycles. The Morgan fingerprint density at radius 1 is 1.38 bits per heavy atom. The van der Waals surface area contributed by atoms with Crippen LogP contribution < -0.4 is 0 Å². The fourth-order valence-corrected chi connectivity index (χ4v) is 2.96. The average molecular weight is 307 g/mol. The molecule has 0 aliphatic rings. The van der Waals surface area contributed by atoms with E-state index in [1.807, 2.05) is 28.6 Å². The van der Waals surface area contributed by atoms with E-state index in [2.05, 4.69) is 33.6 Å². The van der Waals surface area contributed by atoms with Gasteiger partial charge in [0, 0.05) is 18.9 Å². The van der Waals surface area contributed by atoms with E-state index in [4.69, 9.17) is 11.6 Å². The third-order valence-electron chi connectivity index (χ3n) is 3.69. The molecule has 3 aromatic heterocycles. The molecule has 3 rings (SSSR count). The lowest BCUT2D eigenvalue weighted by molar-refractivity contribution is 0.430. The third-order valence-corrected chi connectivity index (χ3v) is 3.93. The Hall–Kier alpha value is -1.82. The second-order valence-electron chi connectivity index (χ2n) is 5.18. The van der Waals surface area contributed by atoms with Gasteiger partial charge in [0.25, 0.3) is 0 Å². The molecule has 3 aromatic rings. The van der Waals surface area contributed by atoms with Gasteiger partial charge >= 0.3 is 0 Å². The van der Waals surface area contributed by atoms with Gasteiger partial charge in [0.15, 0.2) is 5.65 Å². The normalized spacial score (nSPS) is 13.1. The maximum absolute atomic E-state index is 6.10. The van der Waals surface area contributed by atoms with Gasteiger partial charge in [-0.1, -0.05) is 0 Å². The van der Waals surface area contributed by atoms with Crippen molar-refractivity contribution in [1.29, 1.82) is 0 Å². The topological polar surface area (TPSA) is 53.5 Å². The van der Waals surface area contributed by atoms with Crippen molar-refractivity contribution in [2.45, 2.75) is 45.8 Å². The molecule has 7 heteroatoms. The number of halogens is 1. The van der Waals surface area contributed by atoms with E-state index in [1.54, 1.807) is 6.20 Å². The molecule has 0 N–H and O–H groups in total. The van der Waals surface area contributed by atoms with Crippen LogP contribution in [0.1, 0.15) is 31.4 Å². The predicted molar refractivity (Wildman–Crippen MR) is 82.4 cm³/mol. The zero-order valence-corrected chi connectivity index (χ0v) is 13.2. The van der Waals surface area contributed by atoms with Crippen molar-refractivity contribution in [3.8, 4) is 0 Å². The number of imidazole rings is 1. The number of nitrogens with zero attached hydrogens (tertiary/aromatic N) is 6. The Labute approximate surface area is 128 Å².